The van der Waals surface area contributed by atoms with Crippen LogP contribution in [0.3, 0.4) is 0 Å². The van der Waals surface area contributed by atoms with Crippen molar-refractivity contribution in [1.29, 1.82) is 0 Å². The Morgan fingerprint density at radius 1 is 1.37 bits per heavy atom. The monoisotopic (exact) mass is 263 g/mol. The van der Waals surface area contributed by atoms with E-state index in [0.717, 1.165) is 32.4 Å². The Balaban J connectivity index is 2.34. The number of carbonyl (C=O) groups is 1. The molecule has 1 atom stereocenters. The Morgan fingerprint density at radius 3 is 2.58 bits per heavy atom. The molecular formula is C14H21N3O2. The summed E-state index contributed by atoms with van der Waals surface area (Å²) in [6.07, 6.45) is 6.14. The van der Waals surface area contributed by atoms with Crippen LogP contribution in [0.1, 0.15) is 43.6 Å². The van der Waals surface area contributed by atoms with Crippen molar-refractivity contribution < 1.29 is 9.53 Å². The van der Waals surface area contributed by atoms with Gasteiger partial charge in [0, 0.05) is 12.4 Å². The highest BCUT2D eigenvalue weighted by molar-refractivity contribution is 6.03. The molecule has 5 nitrogen and oxygen atoms in total. The van der Waals surface area contributed by atoms with E-state index < -0.39 is 5.54 Å². The number of aromatic nitrogens is 2. The van der Waals surface area contributed by atoms with E-state index in [2.05, 4.69) is 14.9 Å². The maximum atomic E-state index is 12.8. The molecule has 19 heavy (non-hydrogen) atoms. The van der Waals surface area contributed by atoms with Gasteiger partial charge < -0.3 is 4.74 Å². The summed E-state index contributed by atoms with van der Waals surface area (Å²) in [6, 6.07) is 0. The normalized spacial score (nSPS) is 19.1. The molecule has 1 aromatic rings. The quantitative estimate of drug-likeness (QED) is 0.760. The van der Waals surface area contributed by atoms with Gasteiger partial charge in [0.25, 0.3) is 0 Å². The fourth-order valence-electron chi connectivity index (χ4n) is 2.62. The molecule has 1 aliphatic heterocycles. The zero-order chi connectivity index (χ0) is 13.9. The predicted molar refractivity (Wildman–Crippen MR) is 72.4 cm³/mol. The molecule has 0 N–H and O–H groups in total. The molecule has 1 fully saturated rings. The Bertz CT molecular complexity index is 458. The highest BCUT2D eigenvalue weighted by Gasteiger charge is 2.41. The minimum atomic E-state index is -0.514. The number of rotatable bonds is 5. The van der Waals surface area contributed by atoms with Crippen LogP contribution < -0.4 is 4.74 Å². The second-order valence-corrected chi connectivity index (χ2v) is 5.06. The number of likely N-dealkylation sites (tertiary alicyclic amines) is 1. The average molecular weight is 263 g/mol. The van der Waals surface area contributed by atoms with Gasteiger partial charge in [-0.25, -0.2) is 9.97 Å². The van der Waals surface area contributed by atoms with Gasteiger partial charge in [-0.1, -0.05) is 6.92 Å². The first kappa shape index (κ1) is 13.9. The molecule has 104 valence electrons. The topological polar surface area (TPSA) is 55.3 Å². The fourth-order valence-corrected chi connectivity index (χ4v) is 2.62. The Hall–Kier alpha value is -1.49. The van der Waals surface area contributed by atoms with Crippen LogP contribution in [0.15, 0.2) is 12.4 Å². The molecule has 1 aromatic heterocycles. The summed E-state index contributed by atoms with van der Waals surface area (Å²) in [5.74, 6) is 0.313. The summed E-state index contributed by atoms with van der Waals surface area (Å²) in [6.45, 7) is 5.98. The first-order chi connectivity index (χ1) is 9.13. The van der Waals surface area contributed by atoms with E-state index in [9.17, 15) is 4.79 Å². The summed E-state index contributed by atoms with van der Waals surface area (Å²) in [5.41, 5.74) is -0.180. The lowest BCUT2D eigenvalue weighted by molar-refractivity contribution is 0.0637. The first-order valence-electron chi connectivity index (χ1n) is 6.78. The molecule has 5 heteroatoms. The molecule has 1 unspecified atom stereocenters. The van der Waals surface area contributed by atoms with Gasteiger partial charge in [-0.05, 0) is 39.3 Å². The fraction of sp³-hybridized carbons (Fsp3) is 0.643. The van der Waals surface area contributed by atoms with E-state index in [4.69, 9.17) is 4.74 Å². The van der Waals surface area contributed by atoms with Gasteiger partial charge in [-0.3, -0.25) is 9.69 Å². The van der Waals surface area contributed by atoms with Gasteiger partial charge in [0.2, 0.25) is 11.7 Å². The van der Waals surface area contributed by atoms with Crippen molar-refractivity contribution in [2.45, 2.75) is 38.6 Å². The highest BCUT2D eigenvalue weighted by Crippen LogP contribution is 2.29. The molecule has 1 aliphatic rings. The number of hydrogen-bond acceptors (Lipinski definition) is 5. The Kier molecular flexibility index (Phi) is 4.14. The number of Topliss-reactive ketones (excluding diaryl/α,β-unsaturated/α-hetero) is 1. The Morgan fingerprint density at radius 2 is 2.00 bits per heavy atom. The summed E-state index contributed by atoms with van der Waals surface area (Å²) >= 11 is 0. The summed E-state index contributed by atoms with van der Waals surface area (Å²) in [5, 5.41) is 0. The zero-order valence-electron chi connectivity index (χ0n) is 11.8. The second-order valence-electron chi connectivity index (χ2n) is 5.06. The van der Waals surface area contributed by atoms with Crippen molar-refractivity contribution in [2.24, 2.45) is 0 Å². The van der Waals surface area contributed by atoms with E-state index in [1.165, 1.54) is 19.5 Å². The maximum Gasteiger partial charge on any atom is 0.243 e. The minimum Gasteiger partial charge on any atom is -0.479 e. The van der Waals surface area contributed by atoms with Gasteiger partial charge in [0.05, 0.1) is 12.6 Å². The molecule has 0 aliphatic carbocycles. The number of ether oxygens (including phenoxy) is 1. The average Bonchev–Trinajstić information content (AvgIpc) is 3.00. The lowest BCUT2D eigenvalue weighted by Crippen LogP contribution is -2.51. The van der Waals surface area contributed by atoms with E-state index in [1.807, 2.05) is 13.8 Å². The van der Waals surface area contributed by atoms with E-state index >= 15 is 0 Å². The van der Waals surface area contributed by atoms with Crippen molar-refractivity contribution in [3.63, 3.8) is 0 Å². The molecule has 2 heterocycles. The highest BCUT2D eigenvalue weighted by atomic mass is 16.5. The van der Waals surface area contributed by atoms with Gasteiger partial charge in [0.1, 0.15) is 0 Å². The van der Waals surface area contributed by atoms with Crippen LogP contribution in [0.2, 0.25) is 0 Å². The molecule has 0 aromatic carbocycles. The minimum absolute atomic E-state index is 0.00171. The molecule has 0 amide bonds. The first-order valence-corrected chi connectivity index (χ1v) is 6.78. The summed E-state index contributed by atoms with van der Waals surface area (Å²) in [4.78, 5) is 23.3. The van der Waals surface area contributed by atoms with Crippen LogP contribution in [0.4, 0.5) is 0 Å². The molecule has 0 saturated carbocycles. The molecule has 0 bridgehead atoms. The van der Waals surface area contributed by atoms with Crippen molar-refractivity contribution >= 4 is 5.78 Å². The third-order valence-corrected chi connectivity index (χ3v) is 4.05. The van der Waals surface area contributed by atoms with Gasteiger partial charge in [-0.15, -0.1) is 0 Å². The number of ketones is 1. The Labute approximate surface area is 114 Å². The van der Waals surface area contributed by atoms with Crippen molar-refractivity contribution in [3.8, 4) is 5.88 Å². The van der Waals surface area contributed by atoms with Crippen LogP contribution in [0, 0.1) is 0 Å². The van der Waals surface area contributed by atoms with Crippen LogP contribution >= 0.6 is 0 Å². The van der Waals surface area contributed by atoms with Gasteiger partial charge in [-0.2, -0.15) is 0 Å². The maximum absolute atomic E-state index is 12.8. The number of carbonyl (C=O) groups excluding carboxylic acids is 1. The van der Waals surface area contributed by atoms with E-state index in [1.54, 1.807) is 0 Å². The third kappa shape index (κ3) is 2.47. The van der Waals surface area contributed by atoms with E-state index in [-0.39, 0.29) is 5.78 Å². The second kappa shape index (κ2) is 5.65. The SMILES string of the molecule is CCC(C)(C(=O)c1nccnc1OC)N1CCCC1. The van der Waals surface area contributed by atoms with Gasteiger partial charge in [0.15, 0.2) is 5.69 Å². The van der Waals surface area contributed by atoms with E-state index in [0.29, 0.717) is 11.6 Å². The molecular weight excluding hydrogens is 242 g/mol. The van der Waals surface area contributed by atoms with Crippen molar-refractivity contribution in [1.82, 2.24) is 14.9 Å². The molecule has 0 spiro atoms. The number of methoxy groups -OCH3 is 1. The number of hydrogen-bond donors (Lipinski definition) is 0. The molecule has 2 rings (SSSR count). The molecule has 0 radical (unpaired) electrons. The van der Waals surface area contributed by atoms with Crippen molar-refractivity contribution in [3.05, 3.63) is 18.1 Å². The van der Waals surface area contributed by atoms with Gasteiger partial charge >= 0.3 is 0 Å². The smallest absolute Gasteiger partial charge is 0.243 e. The van der Waals surface area contributed by atoms with Crippen LogP contribution in [0.25, 0.3) is 0 Å². The van der Waals surface area contributed by atoms with Crippen LogP contribution in [-0.2, 0) is 0 Å². The predicted octanol–water partition coefficient (Wildman–Crippen LogP) is 1.93. The lowest BCUT2D eigenvalue weighted by Gasteiger charge is -2.36. The summed E-state index contributed by atoms with van der Waals surface area (Å²) in [7, 11) is 1.51. The van der Waals surface area contributed by atoms with Crippen LogP contribution in [-0.4, -0.2) is 46.4 Å². The van der Waals surface area contributed by atoms with Crippen LogP contribution in [0.5, 0.6) is 5.88 Å². The lowest BCUT2D eigenvalue weighted by atomic mass is 9.89. The summed E-state index contributed by atoms with van der Waals surface area (Å²) < 4.78 is 5.16. The molecule has 1 saturated heterocycles. The third-order valence-electron chi connectivity index (χ3n) is 4.05. The standard InChI is InChI=1S/C14H21N3O2/c1-4-14(2,17-9-5-6-10-17)12(18)11-13(19-3)16-8-7-15-11/h7-8H,4-6,9-10H2,1-3H3. The largest absolute Gasteiger partial charge is 0.479 e. The van der Waals surface area contributed by atoms with Crippen molar-refractivity contribution in [2.75, 3.05) is 20.2 Å². The zero-order valence-corrected chi connectivity index (χ0v) is 11.8. The number of nitrogens with zero attached hydrogens (tertiary/aromatic N) is 3.